The number of rotatable bonds is 2. The molecule has 0 spiro atoms. The van der Waals surface area contributed by atoms with Gasteiger partial charge in [-0.1, -0.05) is 6.42 Å². The Morgan fingerprint density at radius 2 is 2.17 bits per heavy atom. The fraction of sp³-hybridized carbons (Fsp3) is 0.900. The van der Waals surface area contributed by atoms with E-state index < -0.39 is 5.60 Å². The number of carbonyl (C=O) groups excluding carboxylic acids is 1. The molecule has 2 nitrogen and oxygen atoms in total. The van der Waals surface area contributed by atoms with Crippen LogP contribution in [0.4, 0.5) is 0 Å². The van der Waals surface area contributed by atoms with Crippen molar-refractivity contribution in [1.29, 1.82) is 0 Å². The summed E-state index contributed by atoms with van der Waals surface area (Å²) in [6.07, 6.45) is 4.52. The first kappa shape index (κ1) is 9.72. The van der Waals surface area contributed by atoms with Gasteiger partial charge in [-0.15, -0.1) is 0 Å². The second-order valence-electron chi connectivity index (χ2n) is 4.43. The molecule has 0 amide bonds. The van der Waals surface area contributed by atoms with E-state index in [1.165, 1.54) is 0 Å². The van der Waals surface area contributed by atoms with E-state index in [9.17, 15) is 9.90 Å². The van der Waals surface area contributed by atoms with Gasteiger partial charge in [0, 0.05) is 12.3 Å². The van der Waals surface area contributed by atoms with Gasteiger partial charge in [0.2, 0.25) is 0 Å². The van der Waals surface area contributed by atoms with Gasteiger partial charge in [0.25, 0.3) is 0 Å². The normalized spacial score (nSPS) is 25.9. The molecule has 70 valence electrons. The minimum Gasteiger partial charge on any atom is -0.390 e. The lowest BCUT2D eigenvalue weighted by molar-refractivity contribution is -0.126. The molecule has 1 saturated carbocycles. The molecule has 0 aromatic carbocycles. The summed E-state index contributed by atoms with van der Waals surface area (Å²) >= 11 is 0. The van der Waals surface area contributed by atoms with Crippen molar-refractivity contribution in [2.75, 3.05) is 0 Å². The Hall–Kier alpha value is -0.370. The monoisotopic (exact) mass is 170 g/mol. The number of hydrogen-bond donors (Lipinski definition) is 1. The summed E-state index contributed by atoms with van der Waals surface area (Å²) in [6.45, 7) is 3.55. The van der Waals surface area contributed by atoms with Gasteiger partial charge in [0.05, 0.1) is 5.60 Å². The van der Waals surface area contributed by atoms with Crippen LogP contribution in [0.15, 0.2) is 0 Å². The molecule has 0 saturated heterocycles. The van der Waals surface area contributed by atoms with E-state index in [0.29, 0.717) is 12.2 Å². The Morgan fingerprint density at radius 1 is 1.50 bits per heavy atom. The number of ketones is 1. The molecule has 0 heterocycles. The summed E-state index contributed by atoms with van der Waals surface area (Å²) in [5.41, 5.74) is -0.683. The lowest BCUT2D eigenvalue weighted by Gasteiger charge is -2.26. The second-order valence-corrected chi connectivity index (χ2v) is 4.43. The average Bonchev–Trinajstić information content (AvgIpc) is 1.91. The van der Waals surface area contributed by atoms with Crippen molar-refractivity contribution in [2.45, 2.75) is 51.6 Å². The molecular formula is C10H18O2. The zero-order valence-electron chi connectivity index (χ0n) is 7.97. The lowest BCUT2D eigenvalue weighted by Crippen LogP contribution is -2.29. The maximum atomic E-state index is 11.4. The molecule has 1 unspecified atom stereocenters. The van der Waals surface area contributed by atoms with Crippen molar-refractivity contribution in [3.05, 3.63) is 0 Å². The fourth-order valence-corrected chi connectivity index (χ4v) is 1.87. The highest BCUT2D eigenvalue weighted by Gasteiger charge is 2.27. The molecule has 0 aromatic heterocycles. The number of carbonyl (C=O) groups is 1. The third-order valence-corrected chi connectivity index (χ3v) is 2.43. The van der Waals surface area contributed by atoms with Gasteiger partial charge in [-0.25, -0.2) is 0 Å². The molecule has 1 N–H and O–H groups in total. The van der Waals surface area contributed by atoms with Crippen LogP contribution in [-0.2, 0) is 4.79 Å². The molecule has 0 aliphatic heterocycles. The first-order valence-electron chi connectivity index (χ1n) is 4.74. The standard InChI is InChI=1S/C10H18O2/c1-10(2,12)7-8-5-3-4-6-9(8)11/h8,12H,3-7H2,1-2H3. The van der Waals surface area contributed by atoms with Gasteiger partial charge in [0.1, 0.15) is 5.78 Å². The van der Waals surface area contributed by atoms with Crippen LogP contribution in [0.2, 0.25) is 0 Å². The Morgan fingerprint density at radius 3 is 2.67 bits per heavy atom. The molecule has 12 heavy (non-hydrogen) atoms. The minimum atomic E-state index is -0.683. The van der Waals surface area contributed by atoms with E-state index in [0.717, 1.165) is 25.7 Å². The molecule has 1 aliphatic rings. The Balaban J connectivity index is 2.45. The van der Waals surface area contributed by atoms with Gasteiger partial charge in [-0.05, 0) is 33.1 Å². The smallest absolute Gasteiger partial charge is 0.136 e. The summed E-state index contributed by atoms with van der Waals surface area (Å²) in [4.78, 5) is 11.4. The number of Topliss-reactive ketones (excluding diaryl/α,β-unsaturated/α-hetero) is 1. The lowest BCUT2D eigenvalue weighted by atomic mass is 9.81. The molecule has 1 aliphatic carbocycles. The quantitative estimate of drug-likeness (QED) is 0.687. The van der Waals surface area contributed by atoms with Gasteiger partial charge in [-0.2, -0.15) is 0 Å². The van der Waals surface area contributed by atoms with E-state index in [1.54, 1.807) is 13.8 Å². The highest BCUT2D eigenvalue weighted by Crippen LogP contribution is 2.27. The second kappa shape index (κ2) is 3.56. The maximum absolute atomic E-state index is 11.4. The third-order valence-electron chi connectivity index (χ3n) is 2.43. The molecular weight excluding hydrogens is 152 g/mol. The van der Waals surface area contributed by atoms with Crippen molar-refractivity contribution < 1.29 is 9.90 Å². The van der Waals surface area contributed by atoms with Crippen molar-refractivity contribution >= 4 is 5.78 Å². The predicted octanol–water partition coefficient (Wildman–Crippen LogP) is 1.91. The molecule has 1 rings (SSSR count). The van der Waals surface area contributed by atoms with E-state index in [2.05, 4.69) is 0 Å². The van der Waals surface area contributed by atoms with Gasteiger partial charge in [-0.3, -0.25) is 4.79 Å². The van der Waals surface area contributed by atoms with Gasteiger partial charge < -0.3 is 5.11 Å². The molecule has 0 aromatic rings. The van der Waals surface area contributed by atoms with Crippen molar-refractivity contribution in [1.82, 2.24) is 0 Å². The zero-order chi connectivity index (χ0) is 9.19. The van der Waals surface area contributed by atoms with Crippen molar-refractivity contribution in [2.24, 2.45) is 5.92 Å². The van der Waals surface area contributed by atoms with E-state index in [4.69, 9.17) is 0 Å². The van der Waals surface area contributed by atoms with Crippen LogP contribution >= 0.6 is 0 Å². The largest absolute Gasteiger partial charge is 0.390 e. The first-order valence-corrected chi connectivity index (χ1v) is 4.74. The topological polar surface area (TPSA) is 37.3 Å². The molecule has 1 atom stereocenters. The molecule has 1 fully saturated rings. The highest BCUT2D eigenvalue weighted by molar-refractivity contribution is 5.81. The third kappa shape index (κ3) is 2.94. The SMILES string of the molecule is CC(C)(O)CC1CCCCC1=O. The Kier molecular flexibility index (Phi) is 2.89. The summed E-state index contributed by atoms with van der Waals surface area (Å²) in [6, 6.07) is 0. The molecule has 0 radical (unpaired) electrons. The Bertz CT molecular complexity index is 167. The van der Waals surface area contributed by atoms with Crippen molar-refractivity contribution in [3.63, 3.8) is 0 Å². The fourth-order valence-electron chi connectivity index (χ4n) is 1.87. The van der Waals surface area contributed by atoms with E-state index in [-0.39, 0.29) is 5.92 Å². The average molecular weight is 170 g/mol. The van der Waals surface area contributed by atoms with Crippen LogP contribution in [0.1, 0.15) is 46.0 Å². The summed E-state index contributed by atoms with van der Waals surface area (Å²) in [5, 5.41) is 9.54. The first-order chi connectivity index (χ1) is 5.49. The van der Waals surface area contributed by atoms with Crippen LogP contribution in [0.25, 0.3) is 0 Å². The minimum absolute atomic E-state index is 0.124. The van der Waals surface area contributed by atoms with Crippen molar-refractivity contribution in [3.8, 4) is 0 Å². The van der Waals surface area contributed by atoms with E-state index >= 15 is 0 Å². The van der Waals surface area contributed by atoms with Crippen LogP contribution < -0.4 is 0 Å². The van der Waals surface area contributed by atoms with Gasteiger partial charge in [0.15, 0.2) is 0 Å². The highest BCUT2D eigenvalue weighted by atomic mass is 16.3. The van der Waals surface area contributed by atoms with Crippen LogP contribution in [-0.4, -0.2) is 16.5 Å². The van der Waals surface area contributed by atoms with E-state index in [1.807, 2.05) is 0 Å². The van der Waals surface area contributed by atoms with Crippen LogP contribution in [0.5, 0.6) is 0 Å². The molecule has 2 heteroatoms. The Labute approximate surface area is 74.0 Å². The summed E-state index contributed by atoms with van der Waals surface area (Å²) < 4.78 is 0. The predicted molar refractivity (Wildman–Crippen MR) is 47.9 cm³/mol. The summed E-state index contributed by atoms with van der Waals surface area (Å²) in [7, 11) is 0. The van der Waals surface area contributed by atoms with Gasteiger partial charge >= 0.3 is 0 Å². The maximum Gasteiger partial charge on any atom is 0.136 e. The van der Waals surface area contributed by atoms with Crippen LogP contribution in [0, 0.1) is 5.92 Å². The number of aliphatic hydroxyl groups is 1. The summed E-state index contributed by atoms with van der Waals surface area (Å²) in [5.74, 6) is 0.474. The van der Waals surface area contributed by atoms with Crippen LogP contribution in [0.3, 0.4) is 0 Å². The number of hydrogen-bond acceptors (Lipinski definition) is 2. The zero-order valence-corrected chi connectivity index (χ0v) is 7.97. The molecule has 0 bridgehead atoms.